The predicted octanol–water partition coefficient (Wildman–Crippen LogP) is 2.45. The summed E-state index contributed by atoms with van der Waals surface area (Å²) >= 11 is 0. The van der Waals surface area contributed by atoms with Crippen molar-refractivity contribution in [1.82, 2.24) is 9.97 Å². The van der Waals surface area contributed by atoms with Gasteiger partial charge in [0, 0.05) is 11.8 Å². The minimum Gasteiger partial charge on any atom is -0.496 e. The predicted molar refractivity (Wildman–Crippen MR) is 89.7 cm³/mol. The Morgan fingerprint density at radius 1 is 1.04 bits per heavy atom. The summed E-state index contributed by atoms with van der Waals surface area (Å²) in [7, 11) is -3.14. The molecule has 6 heteroatoms. The fourth-order valence-corrected chi connectivity index (χ4v) is 2.33. The minimum absolute atomic E-state index is 0.227. The zero-order valence-corrected chi connectivity index (χ0v) is 13.7. The minimum atomic E-state index is -2.54. The first-order chi connectivity index (χ1) is 12.0. The second-order valence-corrected chi connectivity index (χ2v) is 6.51. The van der Waals surface area contributed by atoms with Gasteiger partial charge in [-0.25, -0.2) is 0 Å². The van der Waals surface area contributed by atoms with Crippen molar-refractivity contribution in [2.24, 2.45) is 0 Å². The lowest BCUT2D eigenvalue weighted by Gasteiger charge is -2.32. The third-order valence-corrected chi connectivity index (χ3v) is 4.44. The number of methoxy groups -OCH3 is 1. The molecule has 0 spiro atoms. The Bertz CT molecular complexity index is 779. The van der Waals surface area contributed by atoms with Crippen LogP contribution in [0.1, 0.15) is 31.8 Å². The molecule has 5 nitrogen and oxygen atoms in total. The number of hydrogen-bond donors (Lipinski definition) is 0. The lowest BCUT2D eigenvalue weighted by Crippen LogP contribution is -2.41. The van der Waals surface area contributed by atoms with E-state index in [0.29, 0.717) is 16.9 Å². The molecule has 0 saturated carbocycles. The zero-order valence-electron chi connectivity index (χ0n) is 16.7. The number of nitrogens with zero attached hydrogens (tertiary/aromatic N) is 2. The third kappa shape index (κ3) is 2.84. The number of aromatic nitrogens is 2. The van der Waals surface area contributed by atoms with Crippen molar-refractivity contribution in [3.05, 3.63) is 36.7 Å². The SMILES string of the molecule is [2H]C([2H])([2H])Oc1ccccc1-c1cnc(B2OC(C)(C)C(C)(C)O2)cn1. The van der Waals surface area contributed by atoms with Gasteiger partial charge in [-0.05, 0) is 39.8 Å². The molecule has 0 bridgehead atoms. The summed E-state index contributed by atoms with van der Waals surface area (Å²) in [4.78, 5) is 8.79. The molecule has 1 aromatic carbocycles. The van der Waals surface area contributed by atoms with Crippen LogP contribution in [0.15, 0.2) is 36.7 Å². The van der Waals surface area contributed by atoms with E-state index in [-0.39, 0.29) is 5.75 Å². The van der Waals surface area contributed by atoms with Gasteiger partial charge in [-0.1, -0.05) is 12.1 Å². The van der Waals surface area contributed by atoms with E-state index in [0.717, 1.165) is 0 Å². The van der Waals surface area contributed by atoms with Crippen molar-refractivity contribution in [2.45, 2.75) is 38.9 Å². The van der Waals surface area contributed by atoms with Crippen LogP contribution in [-0.4, -0.2) is 35.3 Å². The second-order valence-electron chi connectivity index (χ2n) is 6.51. The van der Waals surface area contributed by atoms with Crippen molar-refractivity contribution in [3.8, 4) is 17.0 Å². The first-order valence-corrected chi connectivity index (χ1v) is 7.44. The molecule has 0 aliphatic carbocycles. The maximum absolute atomic E-state index is 7.29. The Kier molecular flexibility index (Phi) is 3.05. The fraction of sp³-hybridized carbons (Fsp3) is 0.412. The fourth-order valence-electron chi connectivity index (χ4n) is 2.33. The van der Waals surface area contributed by atoms with Gasteiger partial charge in [0.15, 0.2) is 0 Å². The van der Waals surface area contributed by atoms with E-state index >= 15 is 0 Å². The van der Waals surface area contributed by atoms with Crippen LogP contribution < -0.4 is 10.3 Å². The van der Waals surface area contributed by atoms with Gasteiger partial charge in [-0.15, -0.1) is 0 Å². The zero-order chi connectivity index (χ0) is 19.2. The van der Waals surface area contributed by atoms with Gasteiger partial charge >= 0.3 is 7.12 Å². The summed E-state index contributed by atoms with van der Waals surface area (Å²) in [6.45, 7) is 7.88. The molecule has 1 fully saturated rings. The van der Waals surface area contributed by atoms with Crippen LogP contribution in [0, 0.1) is 0 Å². The molecule has 0 unspecified atom stereocenters. The first kappa shape index (κ1) is 12.5. The molecule has 2 aromatic rings. The molecule has 1 aliphatic heterocycles. The molecule has 0 atom stereocenters. The molecule has 1 aliphatic rings. The summed E-state index contributed by atoms with van der Waals surface area (Å²) in [5.41, 5.74) is 0.694. The van der Waals surface area contributed by atoms with E-state index in [4.69, 9.17) is 18.2 Å². The van der Waals surface area contributed by atoms with Crippen LogP contribution in [0.2, 0.25) is 0 Å². The van der Waals surface area contributed by atoms with Crippen LogP contribution >= 0.6 is 0 Å². The van der Waals surface area contributed by atoms with E-state index in [1.165, 1.54) is 0 Å². The van der Waals surface area contributed by atoms with Crippen LogP contribution in [0.25, 0.3) is 11.3 Å². The molecule has 0 amide bonds. The molecule has 23 heavy (non-hydrogen) atoms. The van der Waals surface area contributed by atoms with E-state index in [9.17, 15) is 0 Å². The van der Waals surface area contributed by atoms with Gasteiger partial charge in [0.2, 0.25) is 0 Å². The lowest BCUT2D eigenvalue weighted by molar-refractivity contribution is 0.00578. The lowest BCUT2D eigenvalue weighted by atomic mass is 9.85. The molecular formula is C17H21BN2O3. The van der Waals surface area contributed by atoms with Gasteiger partial charge in [-0.3, -0.25) is 9.97 Å². The van der Waals surface area contributed by atoms with Crippen LogP contribution in [0.4, 0.5) is 0 Å². The van der Waals surface area contributed by atoms with Gasteiger partial charge in [0.25, 0.3) is 0 Å². The van der Waals surface area contributed by atoms with Crippen molar-refractivity contribution in [3.63, 3.8) is 0 Å². The standard InChI is InChI=1S/C17H21BN2O3/c1-16(2)17(3,4)23-18(22-16)15-11-19-13(10-20-15)12-8-6-7-9-14(12)21-5/h6-11H,1-5H3/i5D3. The quantitative estimate of drug-likeness (QED) is 0.814. The van der Waals surface area contributed by atoms with Crippen molar-refractivity contribution in [2.75, 3.05) is 7.04 Å². The number of ether oxygens (including phenoxy) is 1. The van der Waals surface area contributed by atoms with Crippen molar-refractivity contribution in [1.29, 1.82) is 0 Å². The van der Waals surface area contributed by atoms with Crippen LogP contribution in [-0.2, 0) is 9.31 Å². The largest absolute Gasteiger partial charge is 0.516 e. The van der Waals surface area contributed by atoms with Crippen molar-refractivity contribution < 1.29 is 18.2 Å². The third-order valence-electron chi connectivity index (χ3n) is 4.44. The summed E-state index contributed by atoms with van der Waals surface area (Å²) < 4.78 is 38.9. The molecule has 2 heterocycles. The Morgan fingerprint density at radius 3 is 2.35 bits per heavy atom. The molecule has 0 radical (unpaired) electrons. The Hall–Kier alpha value is -1.92. The Labute approximate surface area is 141 Å². The average molecular weight is 315 g/mol. The molecular weight excluding hydrogens is 291 g/mol. The maximum Gasteiger partial charge on any atom is 0.516 e. The van der Waals surface area contributed by atoms with E-state index in [2.05, 4.69) is 9.97 Å². The normalized spacial score (nSPS) is 21.4. The first-order valence-electron chi connectivity index (χ1n) is 8.94. The van der Waals surface area contributed by atoms with Crippen molar-refractivity contribution >= 4 is 12.7 Å². The summed E-state index contributed by atoms with van der Waals surface area (Å²) in [5, 5.41) is 0. The van der Waals surface area contributed by atoms with Gasteiger partial charge in [0.1, 0.15) is 5.75 Å². The highest BCUT2D eigenvalue weighted by molar-refractivity contribution is 6.61. The molecule has 1 saturated heterocycles. The summed E-state index contributed by atoms with van der Waals surface area (Å²) in [6, 6.07) is 6.81. The number of benzene rings is 1. The highest BCUT2D eigenvalue weighted by atomic mass is 16.7. The molecule has 1 aromatic heterocycles. The molecule has 120 valence electrons. The second kappa shape index (κ2) is 5.62. The highest BCUT2D eigenvalue weighted by Crippen LogP contribution is 2.36. The van der Waals surface area contributed by atoms with Crippen LogP contribution in [0.5, 0.6) is 5.75 Å². The summed E-state index contributed by atoms with van der Waals surface area (Å²) in [5.74, 6) is 0.227. The number of hydrogen-bond acceptors (Lipinski definition) is 5. The van der Waals surface area contributed by atoms with Gasteiger partial charge < -0.3 is 14.0 Å². The van der Waals surface area contributed by atoms with E-state index in [1.807, 2.05) is 27.7 Å². The monoisotopic (exact) mass is 315 g/mol. The number of para-hydroxylation sites is 1. The smallest absolute Gasteiger partial charge is 0.496 e. The van der Waals surface area contributed by atoms with E-state index < -0.39 is 25.4 Å². The van der Waals surface area contributed by atoms with Gasteiger partial charge in [0.05, 0.1) is 39.8 Å². The maximum atomic E-state index is 7.29. The topological polar surface area (TPSA) is 53.5 Å². The Balaban J connectivity index is 1.86. The summed E-state index contributed by atoms with van der Waals surface area (Å²) in [6.07, 6.45) is 3.13. The highest BCUT2D eigenvalue weighted by Gasteiger charge is 2.52. The van der Waals surface area contributed by atoms with Crippen LogP contribution in [0.3, 0.4) is 0 Å². The van der Waals surface area contributed by atoms with E-state index in [1.54, 1.807) is 36.7 Å². The van der Waals surface area contributed by atoms with Gasteiger partial charge in [-0.2, -0.15) is 0 Å². The number of rotatable bonds is 3. The Morgan fingerprint density at radius 2 is 1.74 bits per heavy atom. The average Bonchev–Trinajstić information content (AvgIpc) is 2.75. The molecule has 3 rings (SSSR count). The molecule has 0 N–H and O–H groups in total.